The van der Waals surface area contributed by atoms with Crippen molar-refractivity contribution >= 4 is 60.1 Å². The Morgan fingerprint density at radius 1 is 1.12 bits per heavy atom. The number of amides is 1. The quantitative estimate of drug-likeness (QED) is 0.124. The number of nitrogens with two attached hydrogens (primary N) is 1. The number of nitriles is 1. The van der Waals surface area contributed by atoms with Crippen LogP contribution in [0.4, 0.5) is 16.0 Å². The molecule has 1 aromatic heterocycles. The number of ether oxygens (including phenoxy) is 1. The van der Waals surface area contributed by atoms with Gasteiger partial charge in [0.15, 0.2) is 0 Å². The van der Waals surface area contributed by atoms with E-state index >= 15 is 0 Å². The van der Waals surface area contributed by atoms with Gasteiger partial charge in [-0.05, 0) is 0 Å². The number of rotatable bonds is 6. The second-order valence-corrected chi connectivity index (χ2v) is 18.8. The molecule has 1 aliphatic heterocycles. The van der Waals surface area contributed by atoms with Gasteiger partial charge in [0.05, 0.1) is 0 Å². The molecular weight excluding hydrogens is 735 g/mol. The van der Waals surface area contributed by atoms with Gasteiger partial charge in [0.1, 0.15) is 0 Å². The van der Waals surface area contributed by atoms with Crippen molar-refractivity contribution in [2.75, 3.05) is 14.7 Å². The molecule has 0 saturated carbocycles. The maximum absolute atomic E-state index is 14.9. The normalized spacial score (nSPS) is 13.4. The summed E-state index contributed by atoms with van der Waals surface area (Å²) in [5, 5.41) is 12.4. The molecule has 0 bridgehead atoms. The van der Waals surface area contributed by atoms with E-state index < -0.39 is 31.5 Å². The van der Waals surface area contributed by atoms with E-state index in [9.17, 15) is 9.18 Å². The van der Waals surface area contributed by atoms with Crippen LogP contribution in [0.2, 0.25) is 0 Å². The molecule has 0 fully saturated rings. The molecule has 4 aromatic rings. The van der Waals surface area contributed by atoms with Crippen LogP contribution in [-0.4, -0.2) is 27.3 Å². The molecule has 0 aliphatic carbocycles. The monoisotopic (exact) mass is 761 g/mol. The summed E-state index contributed by atoms with van der Waals surface area (Å²) in [6, 6.07) is 17.3. The average Bonchev–Trinajstić information content (AvgIpc) is 3.12. The fourth-order valence-electron chi connectivity index (χ4n) is 4.37. The number of hydrogen-bond acceptors (Lipinski definition) is 6. The van der Waals surface area contributed by atoms with Gasteiger partial charge >= 0.3 is 234 Å². The molecule has 5 rings (SSSR count). The van der Waals surface area contributed by atoms with Crippen LogP contribution in [0.1, 0.15) is 32.6 Å². The van der Waals surface area contributed by atoms with Crippen LogP contribution in [0.3, 0.4) is 0 Å². The van der Waals surface area contributed by atoms with Crippen LogP contribution in [0.25, 0.3) is 11.1 Å². The Morgan fingerprint density at radius 3 is 2.50 bits per heavy atom. The van der Waals surface area contributed by atoms with Gasteiger partial charge in [-0.1, -0.05) is 0 Å². The van der Waals surface area contributed by atoms with E-state index in [0.717, 1.165) is 43.0 Å². The zero-order valence-corrected chi connectivity index (χ0v) is 26.4. The first kappa shape index (κ1) is 28.1. The van der Waals surface area contributed by atoms with Crippen LogP contribution in [0.15, 0.2) is 54.6 Å². The van der Waals surface area contributed by atoms with Gasteiger partial charge in [-0.3, -0.25) is 4.79 Å². The van der Waals surface area contributed by atoms with Crippen LogP contribution < -0.4 is 15.8 Å². The van der Waals surface area contributed by atoms with Crippen molar-refractivity contribution in [3.8, 4) is 28.8 Å². The number of halogens is 3. The van der Waals surface area contributed by atoms with Crippen molar-refractivity contribution in [3.05, 3.63) is 91.9 Å². The number of nitrogens with one attached hydrogen (secondary N) is 1. The summed E-state index contributed by atoms with van der Waals surface area (Å²) in [6.07, 6.45) is 0.876. The molecule has 2 heterocycles. The predicted molar refractivity (Wildman–Crippen MR) is 174 cm³/mol. The SMILES string of the molecule is Cc1cc(-c2ccc(C(N)=O)cc2F)cc(C)c1Oc1nc(Nc2ccc(C#N)cc2)nc2c1CCI=CI2C. The molecule has 7 nitrogen and oxygen atoms in total. The maximum atomic E-state index is 14.9. The first-order valence-electron chi connectivity index (χ1n) is 12.3. The third-order valence-corrected chi connectivity index (χ3v) is 18.0. The molecular formula is C30H26FI2N5O2. The zero-order valence-electron chi connectivity index (χ0n) is 22.1. The van der Waals surface area contributed by atoms with E-state index in [2.05, 4.69) is 18.3 Å². The van der Waals surface area contributed by atoms with Gasteiger partial charge in [-0.25, -0.2) is 0 Å². The summed E-state index contributed by atoms with van der Waals surface area (Å²) < 4.78 is 26.2. The Labute approximate surface area is 249 Å². The Morgan fingerprint density at radius 2 is 1.85 bits per heavy atom. The Bertz CT molecular complexity index is 1680. The average molecular weight is 761 g/mol. The van der Waals surface area contributed by atoms with Crippen LogP contribution in [0, 0.1) is 34.7 Å². The van der Waals surface area contributed by atoms with E-state index in [4.69, 9.17) is 25.7 Å². The van der Waals surface area contributed by atoms with Crippen molar-refractivity contribution in [2.24, 2.45) is 5.73 Å². The van der Waals surface area contributed by atoms with E-state index in [1.54, 1.807) is 18.2 Å². The number of primary amides is 1. The van der Waals surface area contributed by atoms with Gasteiger partial charge in [0, 0.05) is 0 Å². The molecule has 0 saturated heterocycles. The number of carbonyl (C=O) groups is 1. The zero-order chi connectivity index (χ0) is 28.4. The fraction of sp³-hybridized carbons (Fsp3) is 0.167. The summed E-state index contributed by atoms with van der Waals surface area (Å²) in [7, 11) is 0. The molecule has 204 valence electrons. The summed E-state index contributed by atoms with van der Waals surface area (Å²) >= 11 is -1.56. The minimum atomic E-state index is -1.58. The first-order valence-corrected chi connectivity index (χ1v) is 19.5. The molecule has 10 heteroatoms. The Hall–Kier alpha value is -3.44. The van der Waals surface area contributed by atoms with Crippen molar-refractivity contribution in [1.82, 2.24) is 9.97 Å². The number of anilines is 2. The summed E-state index contributed by atoms with van der Waals surface area (Å²) in [5.74, 6) is 0.487. The number of carbonyl (C=O) groups excluding carboxylic acids is 1. The van der Waals surface area contributed by atoms with Crippen molar-refractivity contribution in [1.29, 1.82) is 5.26 Å². The molecule has 3 N–H and O–H groups in total. The number of hydrogen-bond donors (Lipinski definition) is 2. The van der Waals surface area contributed by atoms with Crippen molar-refractivity contribution < 1.29 is 13.9 Å². The molecule has 1 aliphatic rings. The van der Waals surface area contributed by atoms with Crippen LogP contribution in [0.5, 0.6) is 11.6 Å². The summed E-state index contributed by atoms with van der Waals surface area (Å²) in [4.78, 5) is 23.5. The topological polar surface area (TPSA) is 114 Å². The Balaban J connectivity index is 1.53. The van der Waals surface area contributed by atoms with Gasteiger partial charge in [0.2, 0.25) is 5.91 Å². The number of fused-ring (bicyclic) bond motifs is 1. The fourth-order valence-corrected chi connectivity index (χ4v) is 14.7. The second kappa shape index (κ2) is 12.0. The van der Waals surface area contributed by atoms with E-state index in [0.29, 0.717) is 34.3 Å². The number of alkyl halides is 2. The standard InChI is InChI=1S/C30H26FI2N5O2/c1-17-12-21(23-9-6-20(28(35)39)14-25(23)31)13-18(2)26(17)40-29-24-10-11-32-16-33(3)27(24)37-30(38-29)36-22-7-4-19(15-34)5-8-22/h4-9,12-14,16H,10-11H2,1-3H3,(H2,35,39)(H,36,37,38). The third-order valence-electron chi connectivity index (χ3n) is 6.33. The second-order valence-electron chi connectivity index (χ2n) is 9.23. The minimum absolute atomic E-state index is 0.0130. The van der Waals surface area contributed by atoms with Crippen LogP contribution in [-0.2, 0) is 6.42 Å². The van der Waals surface area contributed by atoms with Gasteiger partial charge in [-0.2, -0.15) is 0 Å². The molecule has 1 amide bonds. The summed E-state index contributed by atoms with van der Waals surface area (Å²) in [5.41, 5.74) is 10.6. The molecule has 40 heavy (non-hydrogen) atoms. The van der Waals surface area contributed by atoms with Crippen molar-refractivity contribution in [3.63, 3.8) is 0 Å². The Kier molecular flexibility index (Phi) is 8.41. The van der Waals surface area contributed by atoms with E-state index in [1.165, 1.54) is 6.07 Å². The molecule has 3 aromatic carbocycles. The number of aryl methyl sites for hydroxylation is 2. The van der Waals surface area contributed by atoms with E-state index in [-0.39, 0.29) is 26.3 Å². The van der Waals surface area contributed by atoms with Gasteiger partial charge in [-0.15, -0.1) is 0 Å². The van der Waals surface area contributed by atoms with Crippen LogP contribution >= 0.6 is 40.6 Å². The molecule has 0 radical (unpaired) electrons. The predicted octanol–water partition coefficient (Wildman–Crippen LogP) is 7.00. The third kappa shape index (κ3) is 6.00. The number of benzene rings is 3. The number of aromatic nitrogens is 2. The van der Waals surface area contributed by atoms with Gasteiger partial charge in [0.25, 0.3) is 0 Å². The molecule has 0 spiro atoms. The van der Waals surface area contributed by atoms with E-state index in [1.807, 2.05) is 38.1 Å². The summed E-state index contributed by atoms with van der Waals surface area (Å²) in [6.45, 7) is 3.85. The first-order chi connectivity index (χ1) is 19.2. The molecule has 0 atom stereocenters. The van der Waals surface area contributed by atoms with Gasteiger partial charge < -0.3 is 5.73 Å². The molecule has 0 unspecified atom stereocenters. The number of nitrogens with zero attached hydrogens (tertiary/aromatic N) is 3. The van der Waals surface area contributed by atoms with Crippen molar-refractivity contribution in [2.45, 2.75) is 20.3 Å².